The molecule has 0 spiro atoms. The molecule has 11 heavy (non-hydrogen) atoms. The Bertz CT molecular complexity index is 421. The van der Waals surface area contributed by atoms with Crippen molar-refractivity contribution in [3.63, 3.8) is 0 Å². The van der Waals surface area contributed by atoms with Crippen molar-refractivity contribution in [2.45, 2.75) is 6.88 Å². The van der Waals surface area contributed by atoms with Crippen LogP contribution in [0.2, 0.25) is 0 Å². The highest BCUT2D eigenvalue weighted by molar-refractivity contribution is 5.81. The van der Waals surface area contributed by atoms with Crippen molar-refractivity contribution in [2.24, 2.45) is 0 Å². The number of aryl methyl sites for hydroxylation is 1. The molecule has 0 saturated carbocycles. The van der Waals surface area contributed by atoms with Gasteiger partial charge in [-0.2, -0.15) is 0 Å². The summed E-state index contributed by atoms with van der Waals surface area (Å²) in [5.74, 6) is 0. The van der Waals surface area contributed by atoms with Gasteiger partial charge in [0, 0.05) is 14.3 Å². The smallest absolute Gasteiger partial charge is 0.0731 e. The number of benzene rings is 1. The SMILES string of the molecule is [2H]C([2H])c1cccc2cccnc12. The quantitative estimate of drug-likeness (QED) is 0.555. The maximum atomic E-state index is 7.33. The molecule has 0 N–H and O–H groups in total. The van der Waals surface area contributed by atoms with Gasteiger partial charge in [0.25, 0.3) is 0 Å². The van der Waals surface area contributed by atoms with E-state index in [1.165, 1.54) is 0 Å². The summed E-state index contributed by atoms with van der Waals surface area (Å²) in [6.45, 7) is -0.960. The number of rotatable bonds is 0. The first-order valence-electron chi connectivity index (χ1n) is 4.62. The lowest BCUT2D eigenvalue weighted by Gasteiger charge is -1.97. The van der Waals surface area contributed by atoms with Crippen molar-refractivity contribution in [3.05, 3.63) is 42.1 Å². The Hall–Kier alpha value is -1.37. The molecule has 2 aromatic rings. The van der Waals surface area contributed by atoms with Crippen LogP contribution in [-0.4, -0.2) is 4.98 Å². The Balaban J connectivity index is 2.76. The van der Waals surface area contributed by atoms with Gasteiger partial charge in [0.05, 0.1) is 5.52 Å². The molecule has 0 aliphatic heterocycles. The zero-order valence-corrected chi connectivity index (χ0v) is 5.99. The van der Waals surface area contributed by atoms with Gasteiger partial charge in [-0.1, -0.05) is 24.3 Å². The third kappa shape index (κ3) is 0.984. The summed E-state index contributed by atoms with van der Waals surface area (Å²) in [5.41, 5.74) is 1.43. The molecule has 0 aliphatic rings. The van der Waals surface area contributed by atoms with E-state index in [0.29, 0.717) is 5.56 Å². The molecule has 1 aromatic carbocycles. The lowest BCUT2D eigenvalue weighted by atomic mass is 10.1. The van der Waals surface area contributed by atoms with E-state index in [4.69, 9.17) is 2.74 Å². The van der Waals surface area contributed by atoms with Gasteiger partial charge in [-0.25, -0.2) is 0 Å². The maximum absolute atomic E-state index is 7.33. The van der Waals surface area contributed by atoms with E-state index in [2.05, 4.69) is 4.98 Å². The van der Waals surface area contributed by atoms with E-state index in [9.17, 15) is 0 Å². The highest BCUT2D eigenvalue weighted by Crippen LogP contribution is 2.13. The fraction of sp³-hybridized carbons (Fsp3) is 0.100. The molecule has 1 aromatic heterocycles. The predicted octanol–water partition coefficient (Wildman–Crippen LogP) is 2.54. The molecule has 1 nitrogen and oxygen atoms in total. The van der Waals surface area contributed by atoms with Gasteiger partial charge in [0.2, 0.25) is 0 Å². The van der Waals surface area contributed by atoms with E-state index >= 15 is 0 Å². The average Bonchev–Trinajstić information content (AvgIpc) is 2.17. The molecular formula is C10H9N. The third-order valence-corrected chi connectivity index (χ3v) is 1.66. The Labute approximate surface area is 68.5 Å². The molecule has 0 unspecified atom stereocenters. The van der Waals surface area contributed by atoms with Crippen molar-refractivity contribution in [2.75, 3.05) is 0 Å². The van der Waals surface area contributed by atoms with Gasteiger partial charge < -0.3 is 0 Å². The fourth-order valence-corrected chi connectivity index (χ4v) is 1.13. The van der Waals surface area contributed by atoms with Gasteiger partial charge >= 0.3 is 0 Å². The Morgan fingerprint density at radius 2 is 2.18 bits per heavy atom. The molecule has 0 amide bonds. The van der Waals surface area contributed by atoms with Crippen molar-refractivity contribution in [1.29, 1.82) is 0 Å². The molecule has 0 fully saturated rings. The molecule has 0 aliphatic carbocycles. The van der Waals surface area contributed by atoms with Crippen LogP contribution in [0.15, 0.2) is 36.5 Å². The second-order valence-corrected chi connectivity index (χ2v) is 2.42. The first-order valence-corrected chi connectivity index (χ1v) is 3.47. The van der Waals surface area contributed by atoms with Crippen LogP contribution in [0.5, 0.6) is 0 Å². The number of aromatic nitrogens is 1. The molecule has 1 heterocycles. The molecular weight excluding hydrogens is 134 g/mol. The first-order chi connectivity index (χ1) is 6.29. The topological polar surface area (TPSA) is 12.9 Å². The third-order valence-electron chi connectivity index (χ3n) is 1.66. The minimum absolute atomic E-state index is 0.665. The standard InChI is InChI=1S/C10H9N/c1-8-4-2-5-9-6-3-7-11-10(8)9/h2-7H,1H3/i1D2. The van der Waals surface area contributed by atoms with Gasteiger partial charge in [0.1, 0.15) is 0 Å². The molecule has 1 heteroatoms. The first kappa shape index (κ1) is 4.50. The van der Waals surface area contributed by atoms with Crippen LogP contribution >= 0.6 is 0 Å². The largest absolute Gasteiger partial charge is 0.256 e. The number of para-hydroxylation sites is 1. The van der Waals surface area contributed by atoms with E-state index in [1.54, 1.807) is 12.3 Å². The van der Waals surface area contributed by atoms with E-state index in [-0.39, 0.29) is 0 Å². The summed E-state index contributed by atoms with van der Waals surface area (Å²) >= 11 is 0. The van der Waals surface area contributed by atoms with Gasteiger partial charge in [-0.05, 0) is 18.5 Å². The average molecular weight is 145 g/mol. The zero-order valence-electron chi connectivity index (χ0n) is 7.99. The summed E-state index contributed by atoms with van der Waals surface area (Å²) in [5, 5.41) is 0.990. The summed E-state index contributed by atoms with van der Waals surface area (Å²) in [6.07, 6.45) is 1.69. The molecule has 0 atom stereocenters. The minimum atomic E-state index is -0.960. The Kier molecular flexibility index (Phi) is 0.959. The lowest BCUT2D eigenvalue weighted by molar-refractivity contribution is 1.37. The predicted molar refractivity (Wildman–Crippen MR) is 46.5 cm³/mol. The maximum Gasteiger partial charge on any atom is 0.0731 e. The second kappa shape index (κ2) is 2.35. The summed E-state index contributed by atoms with van der Waals surface area (Å²) < 4.78 is 14.7. The molecule has 0 saturated heterocycles. The number of hydrogen-bond donors (Lipinski definition) is 0. The van der Waals surface area contributed by atoms with Crippen LogP contribution in [0.25, 0.3) is 10.9 Å². The Morgan fingerprint density at radius 1 is 1.27 bits per heavy atom. The summed E-state index contributed by atoms with van der Waals surface area (Å²) in [7, 11) is 0. The van der Waals surface area contributed by atoms with Crippen LogP contribution in [0.4, 0.5) is 0 Å². The van der Waals surface area contributed by atoms with Crippen molar-refractivity contribution < 1.29 is 2.74 Å². The van der Waals surface area contributed by atoms with E-state index < -0.39 is 6.88 Å². The van der Waals surface area contributed by atoms with Crippen LogP contribution in [0, 0.1) is 6.88 Å². The number of hydrogen-bond acceptors (Lipinski definition) is 1. The normalized spacial score (nSPS) is 13.2. The van der Waals surface area contributed by atoms with Gasteiger partial charge in [-0.3, -0.25) is 4.98 Å². The Morgan fingerprint density at radius 3 is 3.09 bits per heavy atom. The van der Waals surface area contributed by atoms with Gasteiger partial charge in [-0.15, -0.1) is 0 Å². The monoisotopic (exact) mass is 145 g/mol. The molecule has 54 valence electrons. The van der Waals surface area contributed by atoms with Crippen LogP contribution in [0.3, 0.4) is 0 Å². The van der Waals surface area contributed by atoms with Crippen molar-refractivity contribution in [3.8, 4) is 0 Å². The molecule has 2 rings (SSSR count). The van der Waals surface area contributed by atoms with Crippen molar-refractivity contribution in [1.82, 2.24) is 4.98 Å². The van der Waals surface area contributed by atoms with E-state index in [0.717, 1.165) is 10.9 Å². The minimum Gasteiger partial charge on any atom is -0.256 e. The summed E-state index contributed by atoms with van der Waals surface area (Å²) in [6, 6.07) is 9.37. The van der Waals surface area contributed by atoms with Crippen LogP contribution in [-0.2, 0) is 0 Å². The summed E-state index contributed by atoms with van der Waals surface area (Å²) in [4.78, 5) is 4.16. The highest BCUT2D eigenvalue weighted by Gasteiger charge is 1.93. The number of pyridine rings is 1. The molecule has 0 bridgehead atoms. The highest BCUT2D eigenvalue weighted by atomic mass is 14.6. The number of fused-ring (bicyclic) bond motifs is 1. The van der Waals surface area contributed by atoms with E-state index in [1.807, 2.05) is 24.3 Å². The lowest BCUT2D eigenvalue weighted by Crippen LogP contribution is -1.80. The van der Waals surface area contributed by atoms with Crippen LogP contribution < -0.4 is 0 Å². The fourth-order valence-electron chi connectivity index (χ4n) is 1.13. The second-order valence-electron chi connectivity index (χ2n) is 2.42. The molecule has 0 radical (unpaired) electrons. The number of nitrogens with zero attached hydrogens (tertiary/aromatic N) is 1. The van der Waals surface area contributed by atoms with Crippen LogP contribution in [0.1, 0.15) is 8.30 Å². The zero-order chi connectivity index (χ0) is 9.26. The van der Waals surface area contributed by atoms with Crippen molar-refractivity contribution >= 4 is 10.9 Å². The van der Waals surface area contributed by atoms with Gasteiger partial charge in [0.15, 0.2) is 0 Å².